The van der Waals surface area contributed by atoms with E-state index in [1.54, 1.807) is 42.1 Å². The molecular weight excluding hydrogens is 1800 g/mol. The fourth-order valence-corrected chi connectivity index (χ4v) is 25.4. The van der Waals surface area contributed by atoms with Gasteiger partial charge in [-0.25, -0.2) is 0 Å². The molecule has 0 atom stereocenters. The second kappa shape index (κ2) is 35.9. The van der Waals surface area contributed by atoms with Gasteiger partial charge in [0.15, 0.2) is 17.3 Å². The molecule has 9 nitrogen and oxygen atoms in total. The highest BCUT2D eigenvalue weighted by molar-refractivity contribution is 6.26. The molecule has 18 aromatic rings. The van der Waals surface area contributed by atoms with Crippen molar-refractivity contribution in [2.24, 2.45) is 0 Å². The predicted molar refractivity (Wildman–Crippen MR) is 612 cm³/mol. The standard InChI is InChI=1S/3C46H41NO2/c1-28(48)44(29(2)49-7)38-18-12-17-37-32(38)16-13-21-43(37)47(30-22-24-35-33-14-8-10-19-39(33)45(3,4)41(35)26-30)31-23-25-36-34-15-9-11-20-40(34)46(5,6)42(36)27-31;1-28(48)44(29(2)49-7)32-17-16-31-25-33(19-18-30(31)24-32)47(34-20-22-38-36-12-8-10-14-40(36)45(3,4)42(38)26-34)35-21-23-39-37-13-9-11-15-41(37)46(5,6)43(39)27-35;1-28(48)44(29(2)49-7)38-24-25-43(37-17-9-8-14-32(37)38)47(30-20-22-35-33-15-10-12-18-39(33)45(3,4)41(35)26-30)31-21-23-36-34-16-11-13-19-40(34)46(5,6)42(36)27-31/h3*8-27H,1-7H3/b3*44-29+. The first-order valence-corrected chi connectivity index (χ1v) is 51.3. The number of benzene rings is 18. The van der Waals surface area contributed by atoms with Crippen LogP contribution in [0.2, 0.25) is 0 Å². The zero-order valence-electron chi connectivity index (χ0n) is 87.9. The number of carbonyl (C=O) groups excluding carboxylic acids is 3. The minimum Gasteiger partial charge on any atom is -0.501 e. The molecule has 726 valence electrons. The number of Topliss-reactive ketones (excluding diaryl/α,β-unsaturated/α-hetero) is 3. The van der Waals surface area contributed by atoms with Crippen LogP contribution in [0.3, 0.4) is 0 Å². The summed E-state index contributed by atoms with van der Waals surface area (Å²) in [6.45, 7) is 38.4. The van der Waals surface area contributed by atoms with Gasteiger partial charge in [-0.05, 0) is 316 Å². The van der Waals surface area contributed by atoms with Crippen molar-refractivity contribution in [3.8, 4) is 66.8 Å². The number of fused-ring (bicyclic) bond motifs is 21. The van der Waals surface area contributed by atoms with Gasteiger partial charge in [0.05, 0.1) is 49.4 Å². The van der Waals surface area contributed by atoms with Gasteiger partial charge in [-0.15, -0.1) is 0 Å². The first kappa shape index (κ1) is 95.6. The summed E-state index contributed by atoms with van der Waals surface area (Å²) in [5, 5.41) is 6.32. The molecule has 0 spiro atoms. The lowest BCUT2D eigenvalue weighted by Gasteiger charge is -2.31. The molecule has 0 saturated carbocycles. The van der Waals surface area contributed by atoms with Gasteiger partial charge in [-0.1, -0.05) is 344 Å². The SMILES string of the molecule is CO/C(C)=C(\C(C)=O)c1ccc(N(c2ccc3c(c2)C(C)(C)c2ccccc2-3)c2ccc3c(c2)C(C)(C)c2ccccc2-3)c2ccccc12.CO/C(C)=C(\C(C)=O)c1ccc2cc(N(c3ccc4c(c3)C(C)(C)c3ccccc3-4)c3ccc4c(c3)C(C)(C)c3ccccc3-4)ccc2c1.CO/C(C)=C(\C(C)=O)c1cccc2c(N(c3ccc4c(c3)C(C)(C)c3ccccc3-4)c3ccc4c(c3)C(C)(C)c3ccccc3-4)cccc12. The van der Waals surface area contributed by atoms with Crippen LogP contribution in [0.5, 0.6) is 0 Å². The monoisotopic (exact) mass is 1920 g/mol. The Bertz CT molecular complexity index is 8110. The van der Waals surface area contributed by atoms with Crippen LogP contribution in [-0.2, 0) is 61.1 Å². The minimum atomic E-state index is -0.139. The van der Waals surface area contributed by atoms with Crippen molar-refractivity contribution in [1.82, 2.24) is 0 Å². The van der Waals surface area contributed by atoms with Crippen LogP contribution in [0.15, 0.2) is 381 Å². The van der Waals surface area contributed by atoms with Crippen molar-refractivity contribution in [2.45, 2.75) is 157 Å². The summed E-state index contributed by atoms with van der Waals surface area (Å²) in [7, 11) is 4.85. The molecule has 0 unspecified atom stereocenters. The predicted octanol–water partition coefficient (Wildman–Crippen LogP) is 35.7. The number of anilines is 9. The summed E-state index contributed by atoms with van der Waals surface area (Å²) in [6.07, 6.45) is 0. The lowest BCUT2D eigenvalue weighted by Crippen LogP contribution is -2.18. The topological polar surface area (TPSA) is 88.6 Å². The first-order valence-electron chi connectivity index (χ1n) is 51.3. The lowest BCUT2D eigenvalue weighted by atomic mass is 9.82. The van der Waals surface area contributed by atoms with Crippen molar-refractivity contribution in [3.63, 3.8) is 0 Å². The maximum Gasteiger partial charge on any atom is 0.163 e. The fraction of sp³-hybridized carbons (Fsp3) is 0.196. The molecule has 24 rings (SSSR count). The van der Waals surface area contributed by atoms with E-state index in [9.17, 15) is 14.4 Å². The molecule has 0 radical (unpaired) electrons. The summed E-state index contributed by atoms with van der Waals surface area (Å²) in [5.41, 5.74) is 45.3. The number of hydrogen-bond donors (Lipinski definition) is 0. The van der Waals surface area contributed by atoms with Gasteiger partial charge < -0.3 is 28.9 Å². The molecule has 0 bridgehead atoms. The van der Waals surface area contributed by atoms with Crippen molar-refractivity contribution < 1.29 is 28.6 Å². The number of ether oxygens (including phenoxy) is 3. The van der Waals surface area contributed by atoms with E-state index in [2.05, 4.69) is 444 Å². The smallest absolute Gasteiger partial charge is 0.163 e. The Morgan fingerprint density at radius 1 is 0.197 bits per heavy atom. The second-order valence-corrected chi connectivity index (χ2v) is 43.6. The van der Waals surface area contributed by atoms with E-state index < -0.39 is 0 Å². The molecule has 0 heterocycles. The van der Waals surface area contributed by atoms with Gasteiger partial charge in [0.2, 0.25) is 0 Å². The summed E-state index contributed by atoms with van der Waals surface area (Å²) in [4.78, 5) is 45.9. The Kier molecular flexibility index (Phi) is 23.4. The quantitative estimate of drug-likeness (QED) is 0.0616. The first-order chi connectivity index (χ1) is 70.6. The minimum absolute atomic E-state index is 0.00938. The molecule has 6 aliphatic carbocycles. The summed E-state index contributed by atoms with van der Waals surface area (Å²) >= 11 is 0. The lowest BCUT2D eigenvalue weighted by molar-refractivity contribution is -0.112. The van der Waals surface area contributed by atoms with Crippen LogP contribution in [0.1, 0.15) is 208 Å². The number of allylic oxidation sites excluding steroid dienone is 6. The van der Waals surface area contributed by atoms with Crippen molar-refractivity contribution in [3.05, 3.63) is 465 Å². The third-order valence-corrected chi connectivity index (χ3v) is 33.2. The van der Waals surface area contributed by atoms with E-state index in [4.69, 9.17) is 14.2 Å². The number of carbonyl (C=O) groups is 3. The number of ketones is 3. The Labute approximate surface area is 864 Å². The Balaban J connectivity index is 0.000000125. The molecule has 0 aliphatic heterocycles. The highest BCUT2D eigenvalue weighted by atomic mass is 16.5. The van der Waals surface area contributed by atoms with Gasteiger partial charge >= 0.3 is 0 Å². The highest BCUT2D eigenvalue weighted by Gasteiger charge is 2.44. The normalized spacial score (nSPS) is 15.2. The zero-order valence-corrected chi connectivity index (χ0v) is 87.9. The zero-order chi connectivity index (χ0) is 103. The van der Waals surface area contributed by atoms with Crippen LogP contribution >= 0.6 is 0 Å². The Morgan fingerprint density at radius 3 is 0.748 bits per heavy atom. The van der Waals surface area contributed by atoms with Crippen molar-refractivity contribution in [2.75, 3.05) is 36.0 Å². The van der Waals surface area contributed by atoms with Gasteiger partial charge in [0.1, 0.15) is 17.3 Å². The maximum atomic E-state index is 13.0. The molecule has 147 heavy (non-hydrogen) atoms. The number of nitrogens with zero attached hydrogens (tertiary/aromatic N) is 3. The summed E-state index contributed by atoms with van der Waals surface area (Å²) in [6, 6.07) is 133. The van der Waals surface area contributed by atoms with Crippen LogP contribution in [0.25, 0.3) is 116 Å². The van der Waals surface area contributed by atoms with Crippen LogP contribution in [0.4, 0.5) is 51.2 Å². The molecule has 9 heteroatoms. The highest BCUT2D eigenvalue weighted by Crippen LogP contribution is 2.60. The fourth-order valence-electron chi connectivity index (χ4n) is 25.4. The maximum absolute atomic E-state index is 13.0. The summed E-state index contributed by atoms with van der Waals surface area (Å²) < 4.78 is 16.7. The summed E-state index contributed by atoms with van der Waals surface area (Å²) in [5.74, 6) is 1.80. The van der Waals surface area contributed by atoms with Crippen LogP contribution < -0.4 is 14.7 Å². The van der Waals surface area contributed by atoms with Crippen molar-refractivity contribution >= 4 is 118 Å². The van der Waals surface area contributed by atoms with E-state index in [1.807, 2.05) is 39.0 Å². The number of hydrogen-bond acceptors (Lipinski definition) is 9. The average molecular weight is 1920 g/mol. The Morgan fingerprint density at radius 2 is 0.429 bits per heavy atom. The molecule has 0 fully saturated rings. The van der Waals surface area contributed by atoms with Crippen LogP contribution in [-0.4, -0.2) is 38.7 Å². The van der Waals surface area contributed by atoms with Crippen molar-refractivity contribution in [1.29, 1.82) is 0 Å². The Hall–Kier alpha value is -16.2. The van der Waals surface area contributed by atoms with E-state index >= 15 is 0 Å². The molecule has 0 amide bonds. The number of methoxy groups -OCH3 is 3. The van der Waals surface area contributed by atoms with E-state index in [1.165, 1.54) is 134 Å². The largest absolute Gasteiger partial charge is 0.501 e. The van der Waals surface area contributed by atoms with Gasteiger partial charge in [0, 0.05) is 83.1 Å². The third kappa shape index (κ3) is 15.3. The van der Waals surface area contributed by atoms with Crippen LogP contribution in [0, 0.1) is 0 Å². The molecular formula is C138H123N3O6. The third-order valence-electron chi connectivity index (χ3n) is 33.2. The van der Waals surface area contributed by atoms with Gasteiger partial charge in [0.25, 0.3) is 0 Å². The van der Waals surface area contributed by atoms with E-state index in [-0.39, 0.29) is 49.8 Å². The van der Waals surface area contributed by atoms with Gasteiger partial charge in [-0.2, -0.15) is 0 Å². The van der Waals surface area contributed by atoms with Gasteiger partial charge in [-0.3, -0.25) is 14.4 Å². The second-order valence-electron chi connectivity index (χ2n) is 43.6. The molecule has 6 aliphatic rings. The molecule has 18 aromatic carbocycles. The molecule has 0 N–H and O–H groups in total. The number of rotatable bonds is 18. The molecule has 0 saturated heterocycles. The van der Waals surface area contributed by atoms with E-state index in [0.717, 1.165) is 100 Å². The van der Waals surface area contributed by atoms with E-state index in [0.29, 0.717) is 34.0 Å². The molecule has 0 aromatic heterocycles. The average Bonchev–Trinajstić information content (AvgIpc) is 1.57.